The van der Waals surface area contributed by atoms with Crippen molar-refractivity contribution in [2.75, 3.05) is 25.4 Å². The van der Waals surface area contributed by atoms with E-state index in [1.165, 1.54) is 0 Å². The number of hydrogen-bond donors (Lipinski definition) is 6. The second-order valence-corrected chi connectivity index (χ2v) is 12.4. The van der Waals surface area contributed by atoms with Crippen LogP contribution in [0, 0.1) is 0 Å². The molecule has 3 atom stereocenters. The van der Waals surface area contributed by atoms with Crippen LogP contribution in [0.1, 0.15) is 84.0 Å². The van der Waals surface area contributed by atoms with Gasteiger partial charge in [0.1, 0.15) is 5.75 Å². The molecule has 1 aliphatic rings. The van der Waals surface area contributed by atoms with Crippen LogP contribution in [0.25, 0.3) is 0 Å². The minimum absolute atomic E-state index is 0.00360. The average Bonchev–Trinajstić information content (AvgIpc) is 3.16. The van der Waals surface area contributed by atoms with Gasteiger partial charge in [-0.05, 0) is 51.9 Å². The van der Waals surface area contributed by atoms with Crippen molar-refractivity contribution in [2.24, 2.45) is 0 Å². The summed E-state index contributed by atoms with van der Waals surface area (Å²) < 4.78 is 14.9. The standard InChI is InChI=1S/C23H43N5O7S2/c1-18-19(28-23(32)27-18)11-5-2-6-12-20(29)24-14-8-3-7-13-21(30)25-15-9-4-10-16-26-22(31)17-37(34,36)35-33/h18-19,33H,2-17H2,1H3,(H,24,29)(H,25,30)(H,26,31)(H2,27,28,32). The van der Waals surface area contributed by atoms with E-state index in [-0.39, 0.29) is 29.9 Å². The summed E-state index contributed by atoms with van der Waals surface area (Å²) in [6.45, 7) is 3.55. The molecule has 0 spiro atoms. The third-order valence-corrected chi connectivity index (χ3v) is 7.40. The fourth-order valence-corrected chi connectivity index (χ4v) is 4.70. The number of urea groups is 1. The highest BCUT2D eigenvalue weighted by atomic mass is 32.8. The molecule has 214 valence electrons. The quantitative estimate of drug-likeness (QED) is 0.0684. The first-order valence-corrected chi connectivity index (χ1v) is 15.6. The molecular weight excluding hydrogens is 522 g/mol. The van der Waals surface area contributed by atoms with E-state index in [4.69, 9.17) is 5.26 Å². The summed E-state index contributed by atoms with van der Waals surface area (Å²) in [6, 6.07) is 0.218. The molecule has 37 heavy (non-hydrogen) atoms. The van der Waals surface area contributed by atoms with Crippen molar-refractivity contribution >= 4 is 43.7 Å². The molecule has 12 nitrogen and oxygen atoms in total. The molecule has 0 saturated carbocycles. The molecule has 0 radical (unpaired) electrons. The average molecular weight is 566 g/mol. The van der Waals surface area contributed by atoms with Crippen molar-refractivity contribution in [3.05, 3.63) is 0 Å². The summed E-state index contributed by atoms with van der Waals surface area (Å²) in [5.41, 5.74) is 0. The molecule has 3 unspecified atom stereocenters. The third kappa shape index (κ3) is 17.2. The number of unbranched alkanes of at least 4 members (excludes halogenated alkanes) is 6. The molecule has 14 heteroatoms. The summed E-state index contributed by atoms with van der Waals surface area (Å²) in [6.07, 6.45) is 9.39. The van der Waals surface area contributed by atoms with Gasteiger partial charge in [-0.2, -0.15) is 0 Å². The van der Waals surface area contributed by atoms with E-state index in [0.717, 1.165) is 57.8 Å². The van der Waals surface area contributed by atoms with Gasteiger partial charge in [0.2, 0.25) is 17.7 Å². The molecule has 0 aromatic rings. The van der Waals surface area contributed by atoms with Gasteiger partial charge in [0.15, 0.2) is 8.77 Å². The van der Waals surface area contributed by atoms with Crippen molar-refractivity contribution in [1.82, 2.24) is 26.6 Å². The summed E-state index contributed by atoms with van der Waals surface area (Å²) in [5.74, 6) is -1.05. The molecule has 6 N–H and O–H groups in total. The zero-order valence-electron chi connectivity index (χ0n) is 21.7. The molecule has 0 aromatic heterocycles. The van der Waals surface area contributed by atoms with Gasteiger partial charge in [0.25, 0.3) is 0 Å². The fraction of sp³-hybridized carbons (Fsp3) is 0.826. The van der Waals surface area contributed by atoms with Crippen LogP contribution in [0.2, 0.25) is 0 Å². The number of carbonyl (C=O) groups excluding carboxylic acids is 4. The summed E-state index contributed by atoms with van der Waals surface area (Å²) >= 11 is 4.41. The Kier molecular flexibility index (Phi) is 17.0. The Morgan fingerprint density at radius 3 is 1.81 bits per heavy atom. The maximum atomic E-state index is 11.9. The summed E-state index contributed by atoms with van der Waals surface area (Å²) in [5, 5.41) is 22.4. The maximum absolute atomic E-state index is 11.9. The van der Waals surface area contributed by atoms with Crippen LogP contribution < -0.4 is 26.6 Å². The number of carbonyl (C=O) groups is 4. The first kappa shape index (κ1) is 33.0. The summed E-state index contributed by atoms with van der Waals surface area (Å²) in [4.78, 5) is 46.5. The highest BCUT2D eigenvalue weighted by Gasteiger charge is 2.26. The largest absolute Gasteiger partial charge is 0.356 e. The lowest BCUT2D eigenvalue weighted by Crippen LogP contribution is -2.31. The van der Waals surface area contributed by atoms with Crippen molar-refractivity contribution in [1.29, 1.82) is 0 Å². The van der Waals surface area contributed by atoms with Crippen molar-refractivity contribution in [3.63, 3.8) is 0 Å². The van der Waals surface area contributed by atoms with Gasteiger partial charge in [-0.3, -0.25) is 14.4 Å². The Morgan fingerprint density at radius 2 is 1.32 bits per heavy atom. The van der Waals surface area contributed by atoms with Gasteiger partial charge in [-0.25, -0.2) is 14.3 Å². The van der Waals surface area contributed by atoms with Crippen LogP contribution >= 0.6 is 0 Å². The third-order valence-electron chi connectivity index (χ3n) is 6.02. The molecule has 0 aliphatic carbocycles. The van der Waals surface area contributed by atoms with Gasteiger partial charge in [0.05, 0.1) is 6.04 Å². The van der Waals surface area contributed by atoms with E-state index in [2.05, 4.69) is 42.1 Å². The number of amides is 5. The molecular formula is C23H43N5O7S2. The van der Waals surface area contributed by atoms with Gasteiger partial charge in [-0.15, -0.1) is 4.33 Å². The maximum Gasteiger partial charge on any atom is 0.315 e. The molecule has 0 aromatic carbocycles. The predicted molar refractivity (Wildman–Crippen MR) is 143 cm³/mol. The van der Waals surface area contributed by atoms with E-state index >= 15 is 0 Å². The van der Waals surface area contributed by atoms with E-state index in [0.29, 0.717) is 38.9 Å². The van der Waals surface area contributed by atoms with Crippen LogP contribution in [-0.4, -0.2) is 70.7 Å². The fourth-order valence-electron chi connectivity index (χ4n) is 3.90. The molecule has 1 rings (SSSR count). The molecule has 1 heterocycles. The Balaban J connectivity index is 1.86. The molecule has 1 fully saturated rings. The lowest BCUT2D eigenvalue weighted by Gasteiger charge is -2.13. The number of hydrogen-bond acceptors (Lipinski definition) is 8. The minimum atomic E-state index is -3.41. The predicted octanol–water partition coefficient (Wildman–Crippen LogP) is 1.24. The van der Waals surface area contributed by atoms with Crippen LogP contribution in [0.3, 0.4) is 0 Å². The van der Waals surface area contributed by atoms with Crippen LogP contribution in [-0.2, 0) is 38.7 Å². The van der Waals surface area contributed by atoms with Crippen LogP contribution in [0.4, 0.5) is 4.79 Å². The Hall–Kier alpha value is -2.03. The molecule has 5 amide bonds. The Bertz CT molecular complexity index is 826. The van der Waals surface area contributed by atoms with Gasteiger partial charge >= 0.3 is 6.03 Å². The number of nitrogens with one attached hydrogen (secondary N) is 5. The first-order chi connectivity index (χ1) is 17.6. The summed E-state index contributed by atoms with van der Waals surface area (Å²) in [7, 11) is -3.41. The topological polar surface area (TPSA) is 175 Å². The van der Waals surface area contributed by atoms with Crippen molar-refractivity contribution in [3.8, 4) is 0 Å². The smallest absolute Gasteiger partial charge is 0.315 e. The molecule has 1 aliphatic heterocycles. The normalized spacial score (nSPS) is 18.4. The zero-order valence-corrected chi connectivity index (χ0v) is 23.3. The van der Waals surface area contributed by atoms with Gasteiger partial charge < -0.3 is 26.6 Å². The second kappa shape index (κ2) is 19.1. The van der Waals surface area contributed by atoms with E-state index in [1.54, 1.807) is 0 Å². The molecule has 0 bridgehead atoms. The highest BCUT2D eigenvalue weighted by Crippen LogP contribution is 2.11. The van der Waals surface area contributed by atoms with E-state index in [9.17, 15) is 23.4 Å². The van der Waals surface area contributed by atoms with Crippen LogP contribution in [0.5, 0.6) is 0 Å². The van der Waals surface area contributed by atoms with Gasteiger partial charge in [-0.1, -0.05) is 19.3 Å². The Morgan fingerprint density at radius 1 is 0.838 bits per heavy atom. The SMILES string of the molecule is CC1NC(=O)NC1CCCCCC(=O)NCCCCCC(=O)NCCCCCNC(=O)CS(=O)(=S)OO. The highest BCUT2D eigenvalue weighted by molar-refractivity contribution is 8.30. The van der Waals surface area contributed by atoms with Crippen molar-refractivity contribution < 1.29 is 33.0 Å². The zero-order chi connectivity index (χ0) is 27.5. The second-order valence-electron chi connectivity index (χ2n) is 9.31. The van der Waals surface area contributed by atoms with Crippen molar-refractivity contribution in [2.45, 2.75) is 96.1 Å². The number of rotatable bonds is 21. The first-order valence-electron chi connectivity index (χ1n) is 13.1. The van der Waals surface area contributed by atoms with Gasteiger partial charge in [0, 0.05) is 49.7 Å². The lowest BCUT2D eigenvalue weighted by molar-refractivity contribution is -0.128. The van der Waals surface area contributed by atoms with E-state index < -0.39 is 20.4 Å². The van der Waals surface area contributed by atoms with E-state index in [1.807, 2.05) is 6.92 Å². The van der Waals surface area contributed by atoms with Crippen LogP contribution in [0.15, 0.2) is 0 Å². The lowest BCUT2D eigenvalue weighted by atomic mass is 10.0. The monoisotopic (exact) mass is 565 g/mol. The minimum Gasteiger partial charge on any atom is -0.356 e. The molecule has 1 saturated heterocycles. The Labute approximate surface area is 224 Å².